The molecule has 3 rings (SSSR count). The van der Waals surface area contributed by atoms with Gasteiger partial charge in [0.1, 0.15) is 6.04 Å². The number of nitro groups is 1. The molecule has 28 heavy (non-hydrogen) atoms. The summed E-state index contributed by atoms with van der Waals surface area (Å²) in [6.45, 7) is 0. The quantitative estimate of drug-likeness (QED) is 0.490. The van der Waals surface area contributed by atoms with Crippen LogP contribution in [0.4, 0.5) is 5.69 Å². The van der Waals surface area contributed by atoms with E-state index in [-0.39, 0.29) is 29.8 Å². The first-order valence-electron chi connectivity index (χ1n) is 8.90. The van der Waals surface area contributed by atoms with Crippen molar-refractivity contribution in [1.29, 1.82) is 0 Å². The molecule has 0 aromatic heterocycles. The minimum absolute atomic E-state index is 0.111. The molecule has 2 aromatic rings. The molecule has 1 fully saturated rings. The van der Waals surface area contributed by atoms with Crippen molar-refractivity contribution in [2.24, 2.45) is 0 Å². The predicted molar refractivity (Wildman–Crippen MR) is 104 cm³/mol. The molecule has 9 heteroatoms. The SMILES string of the molecule is O=C(NC1CC1)C(Cc1ccccc1)NS(=O)(=O)Cc1ccc([N+](=O)[O-])cc1. The second kappa shape index (κ2) is 8.49. The van der Waals surface area contributed by atoms with Crippen LogP contribution in [0.5, 0.6) is 0 Å². The van der Waals surface area contributed by atoms with Crippen molar-refractivity contribution in [3.05, 3.63) is 75.8 Å². The van der Waals surface area contributed by atoms with E-state index in [0.29, 0.717) is 5.56 Å². The van der Waals surface area contributed by atoms with Crippen molar-refractivity contribution >= 4 is 21.6 Å². The lowest BCUT2D eigenvalue weighted by Gasteiger charge is -2.18. The van der Waals surface area contributed by atoms with Crippen molar-refractivity contribution in [3.8, 4) is 0 Å². The van der Waals surface area contributed by atoms with Gasteiger partial charge in [-0.15, -0.1) is 0 Å². The van der Waals surface area contributed by atoms with E-state index in [1.165, 1.54) is 24.3 Å². The van der Waals surface area contributed by atoms with Gasteiger partial charge in [-0.3, -0.25) is 14.9 Å². The molecule has 0 bridgehead atoms. The highest BCUT2D eigenvalue weighted by Gasteiger charge is 2.30. The summed E-state index contributed by atoms with van der Waals surface area (Å²) >= 11 is 0. The average molecular weight is 403 g/mol. The fraction of sp³-hybridized carbons (Fsp3) is 0.316. The normalized spacial score (nSPS) is 15.0. The van der Waals surface area contributed by atoms with Gasteiger partial charge in [0.2, 0.25) is 15.9 Å². The smallest absolute Gasteiger partial charge is 0.269 e. The van der Waals surface area contributed by atoms with Gasteiger partial charge >= 0.3 is 0 Å². The highest BCUT2D eigenvalue weighted by atomic mass is 32.2. The number of nitrogens with zero attached hydrogens (tertiary/aromatic N) is 1. The van der Waals surface area contributed by atoms with Crippen LogP contribution in [0.1, 0.15) is 24.0 Å². The van der Waals surface area contributed by atoms with Crippen molar-refractivity contribution in [3.63, 3.8) is 0 Å². The van der Waals surface area contributed by atoms with Crippen LogP contribution in [0.3, 0.4) is 0 Å². The molecule has 1 atom stereocenters. The highest BCUT2D eigenvalue weighted by Crippen LogP contribution is 2.19. The number of rotatable bonds is 9. The van der Waals surface area contributed by atoms with Crippen molar-refractivity contribution in [1.82, 2.24) is 10.0 Å². The lowest BCUT2D eigenvalue weighted by atomic mass is 10.1. The molecule has 1 amide bonds. The van der Waals surface area contributed by atoms with Crippen LogP contribution in [0.2, 0.25) is 0 Å². The summed E-state index contributed by atoms with van der Waals surface area (Å²) in [6.07, 6.45) is 2.04. The Kier molecular flexibility index (Phi) is 6.05. The van der Waals surface area contributed by atoms with Crippen LogP contribution in [0, 0.1) is 10.1 Å². The fourth-order valence-corrected chi connectivity index (χ4v) is 4.10. The number of sulfonamides is 1. The zero-order chi connectivity index (χ0) is 20.1. The largest absolute Gasteiger partial charge is 0.352 e. The molecule has 0 aliphatic heterocycles. The summed E-state index contributed by atoms with van der Waals surface area (Å²) in [5, 5.41) is 13.6. The summed E-state index contributed by atoms with van der Waals surface area (Å²) in [7, 11) is -3.83. The van der Waals surface area contributed by atoms with Crippen molar-refractivity contribution in [2.75, 3.05) is 0 Å². The van der Waals surface area contributed by atoms with Crippen molar-refractivity contribution in [2.45, 2.75) is 37.1 Å². The summed E-state index contributed by atoms with van der Waals surface area (Å²) in [4.78, 5) is 22.7. The molecular weight excluding hydrogens is 382 g/mol. The van der Waals surface area contributed by atoms with Crippen molar-refractivity contribution < 1.29 is 18.1 Å². The number of carbonyl (C=O) groups is 1. The third-order valence-electron chi connectivity index (χ3n) is 4.35. The van der Waals surface area contributed by atoms with E-state index in [0.717, 1.165) is 18.4 Å². The maximum Gasteiger partial charge on any atom is 0.269 e. The van der Waals surface area contributed by atoms with Gasteiger partial charge in [0.15, 0.2) is 0 Å². The number of non-ortho nitro benzene ring substituents is 1. The van der Waals surface area contributed by atoms with E-state index < -0.39 is 21.0 Å². The van der Waals surface area contributed by atoms with Crippen LogP contribution >= 0.6 is 0 Å². The molecule has 1 saturated carbocycles. The van der Waals surface area contributed by atoms with Gasteiger partial charge in [0.05, 0.1) is 10.7 Å². The zero-order valence-corrected chi connectivity index (χ0v) is 15.9. The minimum atomic E-state index is -3.83. The van der Waals surface area contributed by atoms with E-state index in [1.807, 2.05) is 30.3 Å². The number of amides is 1. The summed E-state index contributed by atoms with van der Waals surface area (Å²) in [5.41, 5.74) is 1.13. The molecule has 0 spiro atoms. The van der Waals surface area contributed by atoms with E-state index in [1.54, 1.807) is 0 Å². The lowest BCUT2D eigenvalue weighted by Crippen LogP contribution is -2.48. The number of hydrogen-bond donors (Lipinski definition) is 2. The molecule has 1 aliphatic carbocycles. The fourth-order valence-electron chi connectivity index (χ4n) is 2.76. The van der Waals surface area contributed by atoms with E-state index in [2.05, 4.69) is 10.0 Å². The van der Waals surface area contributed by atoms with Crippen LogP contribution in [-0.2, 0) is 27.0 Å². The Labute approximate surface area is 163 Å². The summed E-state index contributed by atoms with van der Waals surface area (Å²) in [6, 6.07) is 13.7. The van der Waals surface area contributed by atoms with Gasteiger partial charge in [-0.1, -0.05) is 42.5 Å². The molecule has 1 aliphatic rings. The standard InChI is InChI=1S/C19H21N3O5S/c23-19(20-16-8-9-16)18(12-14-4-2-1-3-5-14)21-28(26,27)13-15-6-10-17(11-7-15)22(24)25/h1-7,10-11,16,18,21H,8-9,12-13H2,(H,20,23). The predicted octanol–water partition coefficient (Wildman–Crippen LogP) is 1.90. The van der Waals surface area contributed by atoms with E-state index in [9.17, 15) is 23.3 Å². The average Bonchev–Trinajstić information content (AvgIpc) is 3.46. The molecular formula is C19H21N3O5S. The van der Waals surface area contributed by atoms with Gasteiger partial charge in [-0.05, 0) is 30.4 Å². The number of benzene rings is 2. The summed E-state index contributed by atoms with van der Waals surface area (Å²) in [5.74, 6) is -0.717. The molecule has 0 heterocycles. The molecule has 1 unspecified atom stereocenters. The number of carbonyl (C=O) groups excluding carboxylic acids is 1. The van der Waals surface area contributed by atoms with Crippen LogP contribution < -0.4 is 10.0 Å². The Bertz CT molecular complexity index is 941. The topological polar surface area (TPSA) is 118 Å². The molecule has 148 valence electrons. The van der Waals surface area contributed by atoms with Crippen LogP contribution in [-0.4, -0.2) is 31.3 Å². The Morgan fingerprint density at radius 3 is 2.29 bits per heavy atom. The van der Waals surface area contributed by atoms with E-state index >= 15 is 0 Å². The highest BCUT2D eigenvalue weighted by molar-refractivity contribution is 7.88. The maximum atomic E-state index is 12.6. The van der Waals surface area contributed by atoms with E-state index in [4.69, 9.17) is 0 Å². The number of nitrogens with one attached hydrogen (secondary N) is 2. The third-order valence-corrected chi connectivity index (χ3v) is 5.71. The molecule has 2 aromatic carbocycles. The lowest BCUT2D eigenvalue weighted by molar-refractivity contribution is -0.384. The summed E-state index contributed by atoms with van der Waals surface area (Å²) < 4.78 is 27.7. The molecule has 0 radical (unpaired) electrons. The third kappa shape index (κ3) is 5.86. The second-order valence-electron chi connectivity index (χ2n) is 6.83. The Morgan fingerprint density at radius 1 is 1.07 bits per heavy atom. The van der Waals surface area contributed by atoms with Crippen LogP contribution in [0.25, 0.3) is 0 Å². The Hall–Kier alpha value is -2.78. The molecule has 8 nitrogen and oxygen atoms in total. The van der Waals surface area contributed by atoms with Gasteiger partial charge < -0.3 is 5.32 Å². The number of hydrogen-bond acceptors (Lipinski definition) is 5. The Balaban J connectivity index is 1.71. The monoisotopic (exact) mass is 403 g/mol. The van der Waals surface area contributed by atoms with Gasteiger partial charge in [-0.2, -0.15) is 0 Å². The first-order chi connectivity index (χ1) is 13.3. The maximum absolute atomic E-state index is 12.6. The molecule has 0 saturated heterocycles. The van der Waals surface area contributed by atoms with Gasteiger partial charge in [-0.25, -0.2) is 13.1 Å². The Morgan fingerprint density at radius 2 is 1.71 bits per heavy atom. The van der Waals surface area contributed by atoms with Gasteiger partial charge in [0.25, 0.3) is 5.69 Å². The number of nitro benzene ring substituents is 1. The molecule has 2 N–H and O–H groups in total. The first-order valence-corrected chi connectivity index (χ1v) is 10.6. The second-order valence-corrected chi connectivity index (χ2v) is 8.58. The first kappa shape index (κ1) is 20.0. The van der Waals surface area contributed by atoms with Gasteiger partial charge in [0, 0.05) is 18.2 Å². The minimum Gasteiger partial charge on any atom is -0.352 e. The zero-order valence-electron chi connectivity index (χ0n) is 15.1. The van der Waals surface area contributed by atoms with Crippen LogP contribution in [0.15, 0.2) is 54.6 Å².